The third-order valence-electron chi connectivity index (χ3n) is 2.53. The average Bonchev–Trinajstić information content (AvgIpc) is 2.13. The van der Waals surface area contributed by atoms with Crippen LogP contribution in [0.15, 0.2) is 0 Å². The third-order valence-corrected chi connectivity index (χ3v) is 2.53. The zero-order chi connectivity index (χ0) is 12.6. The Morgan fingerprint density at radius 2 is 1.88 bits per heavy atom. The Morgan fingerprint density at radius 3 is 2.31 bits per heavy atom. The smallest absolute Gasteiger partial charge is 0.307 e. The fourth-order valence-corrected chi connectivity index (χ4v) is 1.54. The van der Waals surface area contributed by atoms with Crippen LogP contribution in [0.2, 0.25) is 0 Å². The summed E-state index contributed by atoms with van der Waals surface area (Å²) in [6, 6.07) is 0. The third kappa shape index (κ3) is 6.80. The normalized spacial score (nSPS) is 13.8. The monoisotopic (exact) mass is 232 g/mol. The molecule has 1 N–H and O–H groups in total. The van der Waals surface area contributed by atoms with Gasteiger partial charge >= 0.3 is 5.97 Å². The molecule has 0 aromatic carbocycles. The van der Waals surface area contributed by atoms with Crippen molar-refractivity contribution in [3.63, 3.8) is 0 Å². The number of hydrogen-bond donors (Lipinski definition) is 1. The van der Waals surface area contributed by atoms with E-state index in [4.69, 9.17) is 14.6 Å². The average molecular weight is 232 g/mol. The Bertz CT molecular complexity index is 196. The second kappa shape index (κ2) is 7.63. The molecule has 1 unspecified atom stereocenters. The lowest BCUT2D eigenvalue weighted by molar-refractivity contribution is -0.146. The molecule has 0 aliphatic rings. The van der Waals surface area contributed by atoms with Gasteiger partial charge in [-0.05, 0) is 18.3 Å². The number of hydrogen-bond acceptors (Lipinski definition) is 3. The molecule has 0 aliphatic heterocycles. The van der Waals surface area contributed by atoms with E-state index in [0.717, 1.165) is 6.42 Å². The second-order valence-corrected chi connectivity index (χ2v) is 5.00. The summed E-state index contributed by atoms with van der Waals surface area (Å²) in [4.78, 5) is 11.0. The molecule has 0 aromatic heterocycles. The number of carboxylic acids is 1. The van der Waals surface area contributed by atoms with E-state index in [1.807, 2.05) is 20.8 Å². The van der Waals surface area contributed by atoms with Crippen LogP contribution < -0.4 is 0 Å². The van der Waals surface area contributed by atoms with Gasteiger partial charge in [-0.2, -0.15) is 0 Å². The Balaban J connectivity index is 3.75. The van der Waals surface area contributed by atoms with E-state index < -0.39 is 5.97 Å². The number of aliphatic carboxylic acids is 1. The number of ether oxygens (including phenoxy) is 2. The van der Waals surface area contributed by atoms with Crippen molar-refractivity contribution in [2.24, 2.45) is 11.3 Å². The van der Waals surface area contributed by atoms with Crippen LogP contribution in [0.3, 0.4) is 0 Å². The van der Waals surface area contributed by atoms with Crippen molar-refractivity contribution in [2.45, 2.75) is 33.6 Å². The lowest BCUT2D eigenvalue weighted by Gasteiger charge is -2.26. The first-order valence-corrected chi connectivity index (χ1v) is 5.69. The molecular formula is C12H24O4. The summed E-state index contributed by atoms with van der Waals surface area (Å²) < 4.78 is 10.3. The Morgan fingerprint density at radius 1 is 1.25 bits per heavy atom. The molecule has 0 aromatic rings. The van der Waals surface area contributed by atoms with Crippen LogP contribution in [0.1, 0.15) is 33.6 Å². The van der Waals surface area contributed by atoms with E-state index in [2.05, 4.69) is 0 Å². The summed E-state index contributed by atoms with van der Waals surface area (Å²) in [5, 5.41) is 9.07. The van der Waals surface area contributed by atoms with E-state index in [1.54, 1.807) is 7.11 Å². The topological polar surface area (TPSA) is 55.8 Å². The van der Waals surface area contributed by atoms with E-state index >= 15 is 0 Å². The van der Waals surface area contributed by atoms with Crippen LogP contribution in [0, 0.1) is 11.3 Å². The van der Waals surface area contributed by atoms with E-state index in [-0.39, 0.29) is 11.3 Å². The predicted octanol–water partition coefficient (Wildman–Crippen LogP) is 2.18. The first-order chi connectivity index (χ1) is 7.39. The zero-order valence-electron chi connectivity index (χ0n) is 10.8. The maximum Gasteiger partial charge on any atom is 0.307 e. The number of carbonyl (C=O) groups is 1. The van der Waals surface area contributed by atoms with Gasteiger partial charge in [0.25, 0.3) is 0 Å². The van der Waals surface area contributed by atoms with Crippen LogP contribution in [0.25, 0.3) is 0 Å². The molecule has 16 heavy (non-hydrogen) atoms. The van der Waals surface area contributed by atoms with Crippen LogP contribution in [0.5, 0.6) is 0 Å². The van der Waals surface area contributed by atoms with Gasteiger partial charge in [-0.3, -0.25) is 4.79 Å². The predicted molar refractivity (Wildman–Crippen MR) is 62.5 cm³/mol. The first-order valence-electron chi connectivity index (χ1n) is 5.69. The highest BCUT2D eigenvalue weighted by atomic mass is 16.5. The minimum Gasteiger partial charge on any atom is -0.481 e. The number of rotatable bonds is 8. The van der Waals surface area contributed by atoms with Crippen LogP contribution in [-0.4, -0.2) is 38.0 Å². The van der Waals surface area contributed by atoms with Crippen molar-refractivity contribution in [1.29, 1.82) is 0 Å². The van der Waals surface area contributed by atoms with Crippen molar-refractivity contribution < 1.29 is 19.4 Å². The van der Waals surface area contributed by atoms with Crippen LogP contribution in [0.4, 0.5) is 0 Å². The van der Waals surface area contributed by atoms with Gasteiger partial charge < -0.3 is 14.6 Å². The molecule has 96 valence electrons. The minimum atomic E-state index is -0.743. The van der Waals surface area contributed by atoms with Crippen LogP contribution >= 0.6 is 0 Å². The largest absolute Gasteiger partial charge is 0.481 e. The highest BCUT2D eigenvalue weighted by Gasteiger charge is 2.30. The highest BCUT2D eigenvalue weighted by Crippen LogP contribution is 2.28. The van der Waals surface area contributed by atoms with Crippen molar-refractivity contribution in [3.05, 3.63) is 0 Å². The summed E-state index contributed by atoms with van der Waals surface area (Å²) >= 11 is 0. The lowest BCUT2D eigenvalue weighted by atomic mass is 9.79. The van der Waals surface area contributed by atoms with Gasteiger partial charge in [0.2, 0.25) is 0 Å². The van der Waals surface area contributed by atoms with Crippen LogP contribution in [-0.2, 0) is 14.3 Å². The molecule has 0 saturated carbocycles. The van der Waals surface area contributed by atoms with E-state index in [0.29, 0.717) is 26.2 Å². The summed E-state index contributed by atoms with van der Waals surface area (Å²) in [6.45, 7) is 7.63. The molecule has 4 nitrogen and oxygen atoms in total. The minimum absolute atomic E-state index is 0.221. The first kappa shape index (κ1) is 15.4. The fraction of sp³-hybridized carbons (Fsp3) is 0.917. The highest BCUT2D eigenvalue weighted by molar-refractivity contribution is 5.70. The van der Waals surface area contributed by atoms with Gasteiger partial charge in [0, 0.05) is 26.9 Å². The maximum atomic E-state index is 11.0. The van der Waals surface area contributed by atoms with Gasteiger partial charge in [-0.1, -0.05) is 20.8 Å². The van der Waals surface area contributed by atoms with E-state index in [1.165, 1.54) is 0 Å². The summed E-state index contributed by atoms with van der Waals surface area (Å²) in [7, 11) is 1.65. The Kier molecular flexibility index (Phi) is 7.34. The number of carboxylic acid groups (broad SMARTS) is 1. The Labute approximate surface area is 97.9 Å². The van der Waals surface area contributed by atoms with Gasteiger partial charge in [-0.25, -0.2) is 0 Å². The molecular weight excluding hydrogens is 208 g/mol. The number of methoxy groups -OCH3 is 1. The molecule has 0 radical (unpaired) electrons. The molecule has 0 amide bonds. The fourth-order valence-electron chi connectivity index (χ4n) is 1.54. The molecule has 0 spiro atoms. The van der Waals surface area contributed by atoms with Gasteiger partial charge in [0.05, 0.1) is 5.92 Å². The summed E-state index contributed by atoms with van der Waals surface area (Å²) in [5.41, 5.74) is -0.221. The van der Waals surface area contributed by atoms with Gasteiger partial charge in [0.15, 0.2) is 0 Å². The van der Waals surface area contributed by atoms with Gasteiger partial charge in [-0.15, -0.1) is 0 Å². The van der Waals surface area contributed by atoms with Crippen molar-refractivity contribution >= 4 is 5.97 Å². The lowest BCUT2D eigenvalue weighted by Crippen LogP contribution is -2.29. The standard InChI is InChI=1S/C12H24O4/c1-12(2,3)10(11(13)14)6-9-16-8-5-7-15-4/h10H,5-9H2,1-4H3,(H,13,14). The van der Waals surface area contributed by atoms with Gasteiger partial charge in [0.1, 0.15) is 0 Å². The maximum absolute atomic E-state index is 11.0. The van der Waals surface area contributed by atoms with Crippen molar-refractivity contribution in [2.75, 3.05) is 26.9 Å². The molecule has 0 fully saturated rings. The molecule has 0 heterocycles. The quantitative estimate of drug-likeness (QED) is 0.652. The zero-order valence-corrected chi connectivity index (χ0v) is 10.8. The Hall–Kier alpha value is -0.610. The molecule has 0 rings (SSSR count). The molecule has 1 atom stereocenters. The molecule has 0 bridgehead atoms. The summed E-state index contributed by atoms with van der Waals surface area (Å²) in [5.74, 6) is -1.09. The molecule has 0 aliphatic carbocycles. The van der Waals surface area contributed by atoms with E-state index in [9.17, 15) is 4.79 Å². The summed E-state index contributed by atoms with van der Waals surface area (Å²) in [6.07, 6.45) is 1.41. The van der Waals surface area contributed by atoms with Crippen molar-refractivity contribution in [1.82, 2.24) is 0 Å². The SMILES string of the molecule is COCCCOCCC(C(=O)O)C(C)(C)C. The second-order valence-electron chi connectivity index (χ2n) is 5.00. The molecule has 4 heteroatoms. The molecule has 0 saturated heterocycles. The van der Waals surface area contributed by atoms with Crippen molar-refractivity contribution in [3.8, 4) is 0 Å².